The zero-order valence-electron chi connectivity index (χ0n) is 24.3. The molecule has 3 aromatic rings. The van der Waals surface area contributed by atoms with Crippen molar-refractivity contribution in [2.24, 2.45) is 0 Å². The van der Waals surface area contributed by atoms with Gasteiger partial charge in [-0.25, -0.2) is 0 Å². The predicted octanol–water partition coefficient (Wildman–Crippen LogP) is 9.85. The van der Waals surface area contributed by atoms with Crippen molar-refractivity contribution in [3.05, 3.63) is 112 Å². The van der Waals surface area contributed by atoms with Crippen molar-refractivity contribution in [2.75, 3.05) is 0 Å². The quantitative estimate of drug-likeness (QED) is 0.104. The van der Waals surface area contributed by atoms with Crippen LogP contribution in [0.4, 0.5) is 0 Å². The SMILES string of the molecule is CCCCCCCCCCC(C)Oc1cccc(C=CC(=O)C2=C(c3ccccc3)c3cc(Cl)ccc3CC2=O)c1. The average molecular weight is 569 g/mol. The van der Waals surface area contributed by atoms with Crippen molar-refractivity contribution in [1.82, 2.24) is 0 Å². The van der Waals surface area contributed by atoms with E-state index in [-0.39, 0.29) is 29.7 Å². The maximum Gasteiger partial charge on any atom is 0.190 e. The number of rotatable bonds is 15. The van der Waals surface area contributed by atoms with Crippen LogP contribution >= 0.6 is 11.6 Å². The van der Waals surface area contributed by atoms with Crippen LogP contribution in [0, 0.1) is 0 Å². The molecule has 3 aromatic carbocycles. The lowest BCUT2D eigenvalue weighted by Gasteiger charge is -2.22. The minimum atomic E-state index is -0.311. The third-order valence-electron chi connectivity index (χ3n) is 7.62. The van der Waals surface area contributed by atoms with Crippen LogP contribution in [0.1, 0.15) is 93.9 Å². The molecule has 0 aromatic heterocycles. The maximum absolute atomic E-state index is 13.5. The van der Waals surface area contributed by atoms with Crippen molar-refractivity contribution in [3.8, 4) is 5.75 Å². The molecule has 0 radical (unpaired) electrons. The smallest absolute Gasteiger partial charge is 0.190 e. The number of hydrogen-bond donors (Lipinski definition) is 0. The number of fused-ring (bicyclic) bond motifs is 1. The van der Waals surface area contributed by atoms with E-state index >= 15 is 0 Å². The number of ether oxygens (including phenoxy) is 1. The molecule has 41 heavy (non-hydrogen) atoms. The number of allylic oxidation sites excluding steroid dienone is 2. The summed E-state index contributed by atoms with van der Waals surface area (Å²) in [5, 5.41) is 0.572. The van der Waals surface area contributed by atoms with E-state index in [1.54, 1.807) is 12.1 Å². The van der Waals surface area contributed by atoms with Gasteiger partial charge in [-0.3, -0.25) is 9.59 Å². The summed E-state index contributed by atoms with van der Waals surface area (Å²) in [6.07, 6.45) is 15.0. The first kappa shape index (κ1) is 30.5. The Labute approximate surface area is 250 Å². The number of Topliss-reactive ketones (excluding diaryl/α,β-unsaturated/α-hetero) is 1. The Bertz CT molecular complexity index is 1390. The molecule has 3 nitrogen and oxygen atoms in total. The van der Waals surface area contributed by atoms with Gasteiger partial charge in [0.1, 0.15) is 5.75 Å². The lowest BCUT2D eigenvalue weighted by molar-refractivity contribution is -0.119. The van der Waals surface area contributed by atoms with Crippen LogP contribution < -0.4 is 4.74 Å². The van der Waals surface area contributed by atoms with Gasteiger partial charge in [-0.1, -0.05) is 118 Å². The number of unbranched alkanes of at least 4 members (excludes halogenated alkanes) is 7. The number of ketones is 2. The number of hydrogen-bond acceptors (Lipinski definition) is 3. The van der Waals surface area contributed by atoms with Gasteiger partial charge >= 0.3 is 0 Å². The lowest BCUT2D eigenvalue weighted by Crippen LogP contribution is -2.21. The van der Waals surface area contributed by atoms with Crippen molar-refractivity contribution in [3.63, 3.8) is 0 Å². The maximum atomic E-state index is 13.5. The summed E-state index contributed by atoms with van der Waals surface area (Å²) >= 11 is 6.33. The number of benzene rings is 3. The lowest BCUT2D eigenvalue weighted by atomic mass is 9.80. The van der Waals surface area contributed by atoms with E-state index in [9.17, 15) is 9.59 Å². The number of carbonyl (C=O) groups is 2. The Morgan fingerprint density at radius 2 is 1.63 bits per heavy atom. The van der Waals surface area contributed by atoms with Crippen LogP contribution in [0.15, 0.2) is 84.4 Å². The fraction of sp³-hybridized carbons (Fsp3) is 0.351. The average Bonchev–Trinajstić information content (AvgIpc) is 2.97. The first-order valence-electron chi connectivity index (χ1n) is 15.1. The summed E-state index contributed by atoms with van der Waals surface area (Å²) in [5.74, 6) is 0.294. The Hall–Kier alpha value is -3.43. The Morgan fingerprint density at radius 1 is 0.902 bits per heavy atom. The minimum Gasteiger partial charge on any atom is -0.491 e. The van der Waals surface area contributed by atoms with Gasteiger partial charge in [-0.2, -0.15) is 0 Å². The summed E-state index contributed by atoms with van der Waals surface area (Å²) in [4.78, 5) is 26.8. The fourth-order valence-electron chi connectivity index (χ4n) is 5.44. The monoisotopic (exact) mass is 568 g/mol. The molecule has 4 rings (SSSR count). The van der Waals surface area contributed by atoms with Crippen LogP contribution in [0.3, 0.4) is 0 Å². The molecule has 0 saturated carbocycles. The zero-order chi connectivity index (χ0) is 29.0. The highest BCUT2D eigenvalue weighted by atomic mass is 35.5. The molecular formula is C37H41ClO3. The highest BCUT2D eigenvalue weighted by Crippen LogP contribution is 2.36. The van der Waals surface area contributed by atoms with Gasteiger partial charge in [0, 0.05) is 17.0 Å². The number of carbonyl (C=O) groups excluding carboxylic acids is 2. The highest BCUT2D eigenvalue weighted by Gasteiger charge is 2.30. The van der Waals surface area contributed by atoms with Crippen molar-refractivity contribution < 1.29 is 14.3 Å². The number of halogens is 1. The molecule has 1 atom stereocenters. The van der Waals surface area contributed by atoms with Crippen LogP contribution in [0.25, 0.3) is 11.6 Å². The van der Waals surface area contributed by atoms with Crippen LogP contribution in [0.2, 0.25) is 5.02 Å². The third-order valence-corrected chi connectivity index (χ3v) is 7.85. The van der Waals surface area contributed by atoms with Gasteiger partial charge in [-0.15, -0.1) is 0 Å². The van der Waals surface area contributed by atoms with Gasteiger partial charge in [0.2, 0.25) is 0 Å². The van der Waals surface area contributed by atoms with Crippen molar-refractivity contribution in [2.45, 2.75) is 84.2 Å². The van der Waals surface area contributed by atoms with Gasteiger partial charge in [0.15, 0.2) is 11.6 Å². The van der Waals surface area contributed by atoms with Gasteiger partial charge in [0.25, 0.3) is 0 Å². The van der Waals surface area contributed by atoms with Crippen molar-refractivity contribution >= 4 is 34.8 Å². The Balaban J connectivity index is 1.43. The van der Waals surface area contributed by atoms with E-state index in [0.29, 0.717) is 10.6 Å². The molecule has 0 spiro atoms. The first-order valence-corrected chi connectivity index (χ1v) is 15.4. The molecule has 1 aliphatic rings. The van der Waals surface area contributed by atoms with Crippen molar-refractivity contribution in [1.29, 1.82) is 0 Å². The van der Waals surface area contributed by atoms with E-state index in [1.165, 1.54) is 57.4 Å². The fourth-order valence-corrected chi connectivity index (χ4v) is 5.61. The minimum absolute atomic E-state index is 0.126. The van der Waals surface area contributed by atoms with E-state index in [2.05, 4.69) is 13.8 Å². The molecule has 0 N–H and O–H groups in total. The molecule has 0 saturated heterocycles. The standard InChI is InChI=1S/C37H41ClO3/c1-3-4-5-6-7-8-9-11-15-27(2)41-32-19-14-16-28(24-32)20-23-34(39)37-35(40)25-30-21-22-31(38)26-33(30)36(37)29-17-12-10-13-18-29/h10,12-14,16-24,26-27H,3-9,11,15,25H2,1-2H3. The second-order valence-corrected chi connectivity index (χ2v) is 11.4. The molecule has 1 unspecified atom stereocenters. The van der Waals surface area contributed by atoms with E-state index in [0.717, 1.165) is 34.4 Å². The molecule has 0 fully saturated rings. The first-order chi connectivity index (χ1) is 20.0. The van der Waals surface area contributed by atoms with Gasteiger partial charge in [0.05, 0.1) is 11.7 Å². The van der Waals surface area contributed by atoms with E-state index in [4.69, 9.17) is 16.3 Å². The third kappa shape index (κ3) is 8.78. The van der Waals surface area contributed by atoms with Crippen LogP contribution in [-0.2, 0) is 16.0 Å². The molecule has 0 amide bonds. The molecular weight excluding hydrogens is 528 g/mol. The second kappa shape index (κ2) is 15.5. The second-order valence-electron chi connectivity index (χ2n) is 11.0. The summed E-state index contributed by atoms with van der Waals surface area (Å²) < 4.78 is 6.19. The molecule has 1 aliphatic carbocycles. The summed E-state index contributed by atoms with van der Waals surface area (Å²) in [7, 11) is 0. The molecule has 4 heteroatoms. The Kier molecular flexibility index (Phi) is 11.6. The van der Waals surface area contributed by atoms with Crippen LogP contribution in [0.5, 0.6) is 5.75 Å². The molecule has 0 bridgehead atoms. The largest absolute Gasteiger partial charge is 0.491 e. The van der Waals surface area contributed by atoms with Crippen LogP contribution in [-0.4, -0.2) is 17.7 Å². The molecule has 0 aliphatic heterocycles. The predicted molar refractivity (Wildman–Crippen MR) is 170 cm³/mol. The summed E-state index contributed by atoms with van der Waals surface area (Å²) in [5.41, 5.74) is 4.23. The summed E-state index contributed by atoms with van der Waals surface area (Å²) in [6.45, 7) is 4.37. The highest BCUT2D eigenvalue weighted by molar-refractivity contribution is 6.33. The van der Waals surface area contributed by atoms with Gasteiger partial charge < -0.3 is 4.74 Å². The van der Waals surface area contributed by atoms with E-state index in [1.807, 2.05) is 66.7 Å². The molecule has 214 valence electrons. The summed E-state index contributed by atoms with van der Waals surface area (Å²) in [6, 6.07) is 22.8. The van der Waals surface area contributed by atoms with E-state index < -0.39 is 0 Å². The molecule has 0 heterocycles. The topological polar surface area (TPSA) is 43.4 Å². The Morgan fingerprint density at radius 3 is 2.39 bits per heavy atom. The normalized spacial score (nSPS) is 13.9. The zero-order valence-corrected chi connectivity index (χ0v) is 25.1. The van der Waals surface area contributed by atoms with Gasteiger partial charge in [-0.05, 0) is 72.4 Å².